The van der Waals surface area contributed by atoms with Crippen LogP contribution < -0.4 is 10.9 Å². The van der Waals surface area contributed by atoms with Crippen molar-refractivity contribution in [2.45, 2.75) is 32.7 Å². The number of nitrogens with one attached hydrogen (secondary N) is 2. The van der Waals surface area contributed by atoms with Crippen LogP contribution in [0.5, 0.6) is 0 Å². The summed E-state index contributed by atoms with van der Waals surface area (Å²) in [5.74, 6) is 0.358. The predicted molar refractivity (Wildman–Crippen MR) is 99.8 cm³/mol. The van der Waals surface area contributed by atoms with Gasteiger partial charge >= 0.3 is 0 Å². The van der Waals surface area contributed by atoms with Crippen LogP contribution in [0.1, 0.15) is 41.3 Å². The van der Waals surface area contributed by atoms with Crippen LogP contribution in [-0.2, 0) is 18.4 Å². The van der Waals surface area contributed by atoms with Gasteiger partial charge in [-0.15, -0.1) is 0 Å². The number of carbonyl (C=O) groups is 2. The molecule has 8 heteroatoms. The summed E-state index contributed by atoms with van der Waals surface area (Å²) in [6.45, 7) is 4.58. The van der Waals surface area contributed by atoms with Crippen molar-refractivity contribution in [1.82, 2.24) is 30.2 Å². The zero-order valence-corrected chi connectivity index (χ0v) is 15.6. The van der Waals surface area contributed by atoms with Crippen molar-refractivity contribution in [3.8, 4) is 0 Å². The molecule has 0 spiro atoms. The summed E-state index contributed by atoms with van der Waals surface area (Å²) in [6.07, 6.45) is 2.66. The fraction of sp³-hybridized carbons (Fsp3) is 0.368. The highest BCUT2D eigenvalue weighted by molar-refractivity contribution is 6.05. The largest absolute Gasteiger partial charge is 0.334 e. The van der Waals surface area contributed by atoms with E-state index in [4.69, 9.17) is 0 Å². The molecule has 0 radical (unpaired) electrons. The first kappa shape index (κ1) is 17.3. The average molecular weight is 366 g/mol. The average Bonchev–Trinajstić information content (AvgIpc) is 3.20. The van der Waals surface area contributed by atoms with Gasteiger partial charge in [0.15, 0.2) is 5.69 Å². The Labute approximate surface area is 156 Å². The minimum absolute atomic E-state index is 0.193. The summed E-state index contributed by atoms with van der Waals surface area (Å²) in [5.41, 5.74) is 7.17. The van der Waals surface area contributed by atoms with E-state index in [1.807, 2.05) is 42.0 Å². The molecule has 0 saturated heterocycles. The molecule has 2 aromatic heterocycles. The lowest BCUT2D eigenvalue weighted by Crippen LogP contribution is -2.46. The van der Waals surface area contributed by atoms with E-state index in [9.17, 15) is 9.59 Å². The van der Waals surface area contributed by atoms with E-state index in [-0.39, 0.29) is 23.4 Å². The van der Waals surface area contributed by atoms with Gasteiger partial charge in [0.2, 0.25) is 5.91 Å². The van der Waals surface area contributed by atoms with Crippen molar-refractivity contribution in [3.05, 3.63) is 47.7 Å². The van der Waals surface area contributed by atoms with Crippen LogP contribution in [0, 0.1) is 12.8 Å². The van der Waals surface area contributed by atoms with Crippen molar-refractivity contribution < 1.29 is 9.59 Å². The molecule has 140 valence electrons. The van der Waals surface area contributed by atoms with Crippen molar-refractivity contribution in [2.24, 2.45) is 13.0 Å². The maximum absolute atomic E-state index is 12.6. The van der Waals surface area contributed by atoms with Crippen molar-refractivity contribution >= 4 is 22.7 Å². The molecule has 2 atom stereocenters. The molecule has 1 aliphatic rings. The third kappa shape index (κ3) is 3.07. The van der Waals surface area contributed by atoms with Crippen LogP contribution in [0.4, 0.5) is 0 Å². The van der Waals surface area contributed by atoms with Gasteiger partial charge < -0.3 is 4.57 Å². The molecular weight excluding hydrogens is 344 g/mol. The first-order valence-corrected chi connectivity index (χ1v) is 8.99. The second-order valence-corrected chi connectivity index (χ2v) is 7.16. The van der Waals surface area contributed by atoms with E-state index in [2.05, 4.69) is 27.9 Å². The molecule has 0 bridgehead atoms. The Balaban J connectivity index is 1.44. The normalized spacial score (nSPS) is 18.9. The standard InChI is InChI=1S/C19H22N6O2/c1-11-8-13(10-25-9-12(2)20-17(11)25)18(26)21-22-19(27)16-14-6-4-5-7-15(14)24(3)23-16/h4-7,9,11,13H,8,10H2,1-3H3,(H,21,26)(H,22,27)/t11-,13+/m1/s1. The molecule has 3 heterocycles. The van der Waals surface area contributed by atoms with Crippen LogP contribution >= 0.6 is 0 Å². The summed E-state index contributed by atoms with van der Waals surface area (Å²) < 4.78 is 3.68. The Bertz CT molecular complexity index is 1030. The highest BCUT2D eigenvalue weighted by Crippen LogP contribution is 2.30. The van der Waals surface area contributed by atoms with Crippen molar-refractivity contribution in [1.29, 1.82) is 0 Å². The Kier molecular flexibility index (Phi) is 4.18. The molecular formula is C19H22N6O2. The number of hydrogen-bond acceptors (Lipinski definition) is 4. The summed E-state index contributed by atoms with van der Waals surface area (Å²) >= 11 is 0. The Morgan fingerprint density at radius 2 is 2.00 bits per heavy atom. The summed E-state index contributed by atoms with van der Waals surface area (Å²) in [7, 11) is 1.78. The van der Waals surface area contributed by atoms with E-state index in [1.165, 1.54) is 0 Å². The Morgan fingerprint density at radius 3 is 2.81 bits per heavy atom. The molecule has 1 aliphatic heterocycles. The van der Waals surface area contributed by atoms with Gasteiger partial charge in [0.1, 0.15) is 5.82 Å². The molecule has 0 aliphatic carbocycles. The molecule has 27 heavy (non-hydrogen) atoms. The van der Waals surface area contributed by atoms with E-state index in [0.29, 0.717) is 13.0 Å². The van der Waals surface area contributed by atoms with Gasteiger partial charge in [-0.2, -0.15) is 5.10 Å². The second-order valence-electron chi connectivity index (χ2n) is 7.16. The molecule has 0 unspecified atom stereocenters. The SMILES string of the molecule is Cc1cn2c(n1)[C@H](C)C[C@H](C(=O)NNC(=O)c1nn(C)c3ccccc13)C2. The zero-order chi connectivity index (χ0) is 19.1. The number of aromatic nitrogens is 4. The van der Waals surface area contributed by atoms with Gasteiger partial charge in [0, 0.05) is 31.1 Å². The van der Waals surface area contributed by atoms with Crippen LogP contribution in [0.2, 0.25) is 0 Å². The number of rotatable bonds is 2. The van der Waals surface area contributed by atoms with Crippen molar-refractivity contribution in [3.63, 3.8) is 0 Å². The lowest BCUT2D eigenvalue weighted by Gasteiger charge is -2.27. The molecule has 4 rings (SSSR count). The van der Waals surface area contributed by atoms with Gasteiger partial charge in [-0.05, 0) is 19.4 Å². The van der Waals surface area contributed by atoms with Gasteiger partial charge in [-0.1, -0.05) is 25.1 Å². The molecule has 8 nitrogen and oxygen atoms in total. The first-order valence-electron chi connectivity index (χ1n) is 8.99. The zero-order valence-electron chi connectivity index (χ0n) is 15.6. The lowest BCUT2D eigenvalue weighted by molar-refractivity contribution is -0.127. The summed E-state index contributed by atoms with van der Waals surface area (Å²) in [4.78, 5) is 29.6. The number of benzene rings is 1. The maximum atomic E-state index is 12.6. The van der Waals surface area contributed by atoms with Crippen LogP contribution in [0.25, 0.3) is 10.9 Å². The van der Waals surface area contributed by atoms with E-state index in [1.54, 1.807) is 11.7 Å². The minimum Gasteiger partial charge on any atom is -0.334 e. The number of nitrogens with zero attached hydrogens (tertiary/aromatic N) is 4. The number of carbonyl (C=O) groups excluding carboxylic acids is 2. The second kappa shape index (κ2) is 6.53. The molecule has 0 saturated carbocycles. The number of hydrazine groups is 1. The van der Waals surface area contributed by atoms with E-state index in [0.717, 1.165) is 22.4 Å². The summed E-state index contributed by atoms with van der Waals surface area (Å²) in [6, 6.07) is 7.48. The molecule has 1 aromatic carbocycles. The fourth-order valence-corrected chi connectivity index (χ4v) is 3.80. The maximum Gasteiger partial charge on any atom is 0.290 e. The van der Waals surface area contributed by atoms with Gasteiger partial charge in [0.25, 0.3) is 5.91 Å². The Hall–Kier alpha value is -3.16. The number of aryl methyl sites for hydroxylation is 2. The lowest BCUT2D eigenvalue weighted by atomic mass is 9.91. The highest BCUT2D eigenvalue weighted by Gasteiger charge is 2.30. The molecule has 0 fully saturated rings. The monoisotopic (exact) mass is 366 g/mol. The summed E-state index contributed by atoms with van der Waals surface area (Å²) in [5, 5.41) is 5.01. The minimum atomic E-state index is -0.428. The topological polar surface area (TPSA) is 93.8 Å². The van der Waals surface area contributed by atoms with E-state index >= 15 is 0 Å². The third-order valence-electron chi connectivity index (χ3n) is 5.07. The molecule has 2 amide bonds. The van der Waals surface area contributed by atoms with Gasteiger partial charge in [0.05, 0.1) is 17.1 Å². The first-order chi connectivity index (χ1) is 12.9. The van der Waals surface area contributed by atoms with Crippen LogP contribution in [-0.4, -0.2) is 31.1 Å². The van der Waals surface area contributed by atoms with Crippen LogP contribution in [0.3, 0.4) is 0 Å². The quantitative estimate of drug-likeness (QED) is 0.675. The molecule has 2 N–H and O–H groups in total. The highest BCUT2D eigenvalue weighted by atomic mass is 16.2. The number of fused-ring (bicyclic) bond motifs is 2. The third-order valence-corrected chi connectivity index (χ3v) is 5.07. The predicted octanol–water partition coefficient (Wildman–Crippen LogP) is 1.66. The molecule has 3 aromatic rings. The number of amides is 2. The number of imidazole rings is 1. The van der Waals surface area contributed by atoms with E-state index < -0.39 is 5.91 Å². The van der Waals surface area contributed by atoms with Gasteiger partial charge in [-0.25, -0.2) is 4.98 Å². The Morgan fingerprint density at radius 1 is 1.22 bits per heavy atom. The smallest absolute Gasteiger partial charge is 0.290 e. The van der Waals surface area contributed by atoms with Gasteiger partial charge in [-0.3, -0.25) is 25.1 Å². The number of para-hydroxylation sites is 1. The number of hydrogen-bond donors (Lipinski definition) is 2. The fourth-order valence-electron chi connectivity index (χ4n) is 3.80. The van der Waals surface area contributed by atoms with Crippen molar-refractivity contribution in [2.75, 3.05) is 0 Å². The van der Waals surface area contributed by atoms with Crippen LogP contribution in [0.15, 0.2) is 30.5 Å².